The first kappa shape index (κ1) is 21.6. The summed E-state index contributed by atoms with van der Waals surface area (Å²) in [6, 6.07) is 10.4. The minimum atomic E-state index is 0.553. The topological polar surface area (TPSA) is 57.2 Å². The second kappa shape index (κ2) is 10.1. The zero-order chi connectivity index (χ0) is 21.6. The second-order valence-electron chi connectivity index (χ2n) is 8.46. The third kappa shape index (κ3) is 4.85. The summed E-state index contributed by atoms with van der Waals surface area (Å²) in [7, 11) is 1.69. The SMILES string of the molecule is CC[n+]1c(CN)n(CC2CCCCC2)c2cc(OCC[n+]3cccc(OC)c3)ccc21. The van der Waals surface area contributed by atoms with Gasteiger partial charge in [0.05, 0.1) is 26.7 Å². The molecule has 0 radical (unpaired) electrons. The number of pyridine rings is 1. The Morgan fingerprint density at radius 3 is 2.71 bits per heavy atom. The number of ether oxygens (including phenoxy) is 2. The van der Waals surface area contributed by atoms with Gasteiger partial charge in [-0.3, -0.25) is 0 Å². The fourth-order valence-electron chi connectivity index (χ4n) is 4.89. The quantitative estimate of drug-likeness (QED) is 0.536. The number of hydrogen-bond acceptors (Lipinski definition) is 3. The number of aromatic nitrogens is 3. The van der Waals surface area contributed by atoms with Crippen LogP contribution in [0.15, 0.2) is 42.7 Å². The van der Waals surface area contributed by atoms with Gasteiger partial charge in [0.1, 0.15) is 12.4 Å². The van der Waals surface area contributed by atoms with E-state index in [2.05, 4.69) is 38.8 Å². The molecule has 6 nitrogen and oxygen atoms in total. The van der Waals surface area contributed by atoms with Gasteiger partial charge in [0.25, 0.3) is 5.82 Å². The van der Waals surface area contributed by atoms with Crippen molar-refractivity contribution in [1.29, 1.82) is 0 Å². The van der Waals surface area contributed by atoms with Gasteiger partial charge in [-0.15, -0.1) is 0 Å². The van der Waals surface area contributed by atoms with E-state index in [1.165, 1.54) is 49.0 Å². The molecule has 0 aliphatic heterocycles. The summed E-state index contributed by atoms with van der Waals surface area (Å²) in [5.41, 5.74) is 8.70. The third-order valence-electron chi connectivity index (χ3n) is 6.50. The normalized spacial score (nSPS) is 14.8. The summed E-state index contributed by atoms with van der Waals surface area (Å²) in [4.78, 5) is 0. The Morgan fingerprint density at radius 2 is 1.97 bits per heavy atom. The summed E-state index contributed by atoms with van der Waals surface area (Å²) >= 11 is 0. The summed E-state index contributed by atoms with van der Waals surface area (Å²) in [5.74, 6) is 3.72. The van der Waals surface area contributed by atoms with Crippen molar-refractivity contribution in [3.8, 4) is 11.5 Å². The van der Waals surface area contributed by atoms with Crippen molar-refractivity contribution in [2.75, 3.05) is 13.7 Å². The van der Waals surface area contributed by atoms with Crippen LogP contribution in [0.3, 0.4) is 0 Å². The molecule has 1 aromatic carbocycles. The summed E-state index contributed by atoms with van der Waals surface area (Å²) < 4.78 is 18.3. The van der Waals surface area contributed by atoms with Gasteiger partial charge in [0.15, 0.2) is 29.5 Å². The van der Waals surface area contributed by atoms with Crippen molar-refractivity contribution in [2.45, 2.75) is 65.2 Å². The molecule has 0 saturated heterocycles. The number of nitrogens with two attached hydrogens (primary N) is 1. The summed E-state index contributed by atoms with van der Waals surface area (Å²) in [5, 5.41) is 0. The highest BCUT2D eigenvalue weighted by Crippen LogP contribution is 2.28. The Balaban J connectivity index is 1.55. The predicted octanol–water partition coefficient (Wildman–Crippen LogP) is 3.36. The molecule has 0 spiro atoms. The molecule has 166 valence electrons. The van der Waals surface area contributed by atoms with Crippen LogP contribution in [0.25, 0.3) is 11.0 Å². The van der Waals surface area contributed by atoms with Crippen LogP contribution in [-0.4, -0.2) is 18.3 Å². The van der Waals surface area contributed by atoms with Crippen LogP contribution in [0.5, 0.6) is 11.5 Å². The number of hydrogen-bond donors (Lipinski definition) is 1. The largest absolute Gasteiger partial charge is 0.491 e. The van der Waals surface area contributed by atoms with E-state index in [-0.39, 0.29) is 0 Å². The molecule has 0 bridgehead atoms. The number of rotatable bonds is 9. The number of methoxy groups -OCH3 is 1. The lowest BCUT2D eigenvalue weighted by Crippen LogP contribution is -2.38. The molecule has 1 aliphatic rings. The zero-order valence-electron chi connectivity index (χ0n) is 18.9. The number of aryl methyl sites for hydroxylation is 1. The molecule has 0 amide bonds. The molecule has 2 N–H and O–H groups in total. The van der Waals surface area contributed by atoms with E-state index in [4.69, 9.17) is 15.2 Å². The molecular weight excluding hydrogens is 388 g/mol. The van der Waals surface area contributed by atoms with Crippen LogP contribution in [0.4, 0.5) is 0 Å². The highest BCUT2D eigenvalue weighted by Gasteiger charge is 2.26. The maximum Gasteiger partial charge on any atom is 0.271 e. The Kier molecular flexibility index (Phi) is 7.07. The van der Waals surface area contributed by atoms with Crippen LogP contribution >= 0.6 is 0 Å². The van der Waals surface area contributed by atoms with Gasteiger partial charge in [0, 0.05) is 12.1 Å². The van der Waals surface area contributed by atoms with Crippen molar-refractivity contribution >= 4 is 11.0 Å². The van der Waals surface area contributed by atoms with Crippen molar-refractivity contribution in [1.82, 2.24) is 4.57 Å². The van der Waals surface area contributed by atoms with Gasteiger partial charge < -0.3 is 15.2 Å². The third-order valence-corrected chi connectivity index (χ3v) is 6.50. The lowest BCUT2D eigenvalue weighted by Gasteiger charge is -2.20. The highest BCUT2D eigenvalue weighted by atomic mass is 16.5. The van der Waals surface area contributed by atoms with Gasteiger partial charge in [-0.1, -0.05) is 19.3 Å². The highest BCUT2D eigenvalue weighted by molar-refractivity contribution is 5.74. The molecule has 0 unspecified atom stereocenters. The molecule has 6 heteroatoms. The van der Waals surface area contributed by atoms with E-state index in [0.717, 1.165) is 37.1 Å². The lowest BCUT2D eigenvalue weighted by molar-refractivity contribution is -0.697. The van der Waals surface area contributed by atoms with Gasteiger partial charge in [0.2, 0.25) is 6.20 Å². The maximum atomic E-state index is 6.22. The average molecular weight is 425 g/mol. The molecular formula is C25H36N4O2+2. The predicted molar refractivity (Wildman–Crippen MR) is 121 cm³/mol. The molecule has 0 atom stereocenters. The molecule has 2 aromatic heterocycles. The summed E-state index contributed by atoms with van der Waals surface area (Å²) in [6.07, 6.45) is 10.7. The first-order valence-electron chi connectivity index (χ1n) is 11.6. The molecule has 1 fully saturated rings. The Hall–Kier alpha value is -2.60. The fraction of sp³-hybridized carbons (Fsp3) is 0.520. The minimum absolute atomic E-state index is 0.553. The standard InChI is InChI=1S/C25H36N4O2/c1-3-28-23-12-11-21(31-15-14-27-13-7-10-22(19-27)30-2)16-24(23)29(25(28)17-26)18-20-8-5-4-6-9-20/h7,10-13,16,19-20H,3-6,8-9,14-15,17-18,26H2,1-2H3/q+2. The summed E-state index contributed by atoms with van der Waals surface area (Å²) in [6.45, 7) is 6.09. The van der Waals surface area contributed by atoms with Crippen LogP contribution in [0, 0.1) is 5.92 Å². The number of benzene rings is 1. The minimum Gasteiger partial charge on any atom is -0.491 e. The van der Waals surface area contributed by atoms with Gasteiger partial charge in [-0.25, -0.2) is 9.13 Å². The second-order valence-corrected chi connectivity index (χ2v) is 8.46. The van der Waals surface area contributed by atoms with Crippen molar-refractivity contribution in [2.24, 2.45) is 11.7 Å². The van der Waals surface area contributed by atoms with Crippen molar-refractivity contribution in [3.05, 3.63) is 48.5 Å². The number of imidazole rings is 1. The monoisotopic (exact) mass is 424 g/mol. The van der Waals surface area contributed by atoms with E-state index >= 15 is 0 Å². The maximum absolute atomic E-state index is 6.22. The molecule has 1 aliphatic carbocycles. The molecule has 2 heterocycles. The first-order valence-corrected chi connectivity index (χ1v) is 11.6. The number of nitrogens with zero attached hydrogens (tertiary/aromatic N) is 3. The molecule has 31 heavy (non-hydrogen) atoms. The number of fused-ring (bicyclic) bond motifs is 1. The van der Waals surface area contributed by atoms with E-state index in [0.29, 0.717) is 13.2 Å². The zero-order valence-corrected chi connectivity index (χ0v) is 18.9. The van der Waals surface area contributed by atoms with Gasteiger partial charge in [-0.05, 0) is 43.9 Å². The van der Waals surface area contributed by atoms with E-state index in [1.807, 2.05) is 24.5 Å². The Bertz CT molecular complexity index is 1010. The van der Waals surface area contributed by atoms with E-state index < -0.39 is 0 Å². The van der Waals surface area contributed by atoms with Crippen LogP contribution in [0.2, 0.25) is 0 Å². The van der Waals surface area contributed by atoms with E-state index in [9.17, 15) is 0 Å². The lowest BCUT2D eigenvalue weighted by atomic mass is 9.89. The smallest absolute Gasteiger partial charge is 0.271 e. The molecule has 4 rings (SSSR count). The Labute approximate surface area is 185 Å². The van der Waals surface area contributed by atoms with Gasteiger partial charge >= 0.3 is 0 Å². The molecule has 1 saturated carbocycles. The average Bonchev–Trinajstić information content (AvgIpc) is 3.11. The van der Waals surface area contributed by atoms with Gasteiger partial charge in [-0.2, -0.15) is 4.57 Å². The van der Waals surface area contributed by atoms with Crippen LogP contribution < -0.4 is 24.3 Å². The van der Waals surface area contributed by atoms with Crippen LogP contribution in [0.1, 0.15) is 44.9 Å². The first-order chi connectivity index (χ1) is 15.2. The Morgan fingerprint density at radius 1 is 1.13 bits per heavy atom. The van der Waals surface area contributed by atoms with Crippen LogP contribution in [-0.2, 0) is 26.2 Å². The van der Waals surface area contributed by atoms with E-state index in [1.54, 1.807) is 7.11 Å². The molecule has 3 aromatic rings. The van der Waals surface area contributed by atoms with Crippen molar-refractivity contribution in [3.63, 3.8) is 0 Å². The van der Waals surface area contributed by atoms with Crippen molar-refractivity contribution < 1.29 is 18.6 Å². The fourth-order valence-corrected chi connectivity index (χ4v) is 4.89.